The first-order chi connectivity index (χ1) is 9.91. The van der Waals surface area contributed by atoms with Crippen molar-refractivity contribution in [1.29, 1.82) is 0 Å². The number of amides is 2. The molecule has 0 bridgehead atoms. The van der Waals surface area contributed by atoms with Gasteiger partial charge in [-0.2, -0.15) is 0 Å². The van der Waals surface area contributed by atoms with E-state index < -0.39 is 5.54 Å². The summed E-state index contributed by atoms with van der Waals surface area (Å²) in [6, 6.07) is 6.21. The van der Waals surface area contributed by atoms with E-state index >= 15 is 0 Å². The van der Waals surface area contributed by atoms with Gasteiger partial charge in [0.1, 0.15) is 5.54 Å². The second-order valence-corrected chi connectivity index (χ2v) is 5.93. The van der Waals surface area contributed by atoms with Crippen LogP contribution in [0.4, 0.5) is 0 Å². The van der Waals surface area contributed by atoms with Gasteiger partial charge in [-0.25, -0.2) is 0 Å². The maximum absolute atomic E-state index is 12.8. The molecule has 4 nitrogen and oxygen atoms in total. The Hall–Kier alpha value is -1.84. The van der Waals surface area contributed by atoms with E-state index in [0.717, 1.165) is 11.1 Å². The van der Waals surface area contributed by atoms with Gasteiger partial charge in [0, 0.05) is 6.54 Å². The van der Waals surface area contributed by atoms with Crippen LogP contribution >= 0.6 is 0 Å². The number of nitrogens with zero attached hydrogens (tertiary/aromatic N) is 1. The molecule has 0 unspecified atom stereocenters. The zero-order valence-corrected chi connectivity index (χ0v) is 13.3. The van der Waals surface area contributed by atoms with Gasteiger partial charge >= 0.3 is 0 Å². The van der Waals surface area contributed by atoms with Gasteiger partial charge < -0.3 is 10.2 Å². The lowest BCUT2D eigenvalue weighted by Gasteiger charge is -2.41. The zero-order valence-electron chi connectivity index (χ0n) is 13.3. The van der Waals surface area contributed by atoms with Crippen LogP contribution in [0.25, 0.3) is 0 Å². The molecule has 0 aromatic heterocycles. The van der Waals surface area contributed by atoms with E-state index in [9.17, 15) is 9.59 Å². The van der Waals surface area contributed by atoms with Crippen molar-refractivity contribution in [2.24, 2.45) is 0 Å². The number of carbonyl (C=O) groups is 2. The molecule has 1 aromatic rings. The Bertz CT molecular complexity index is 562. The smallest absolute Gasteiger partial charge is 0.249 e. The number of hydrogen-bond acceptors (Lipinski definition) is 2. The van der Waals surface area contributed by atoms with E-state index in [2.05, 4.69) is 23.5 Å². The highest BCUT2D eigenvalue weighted by Crippen LogP contribution is 2.24. The molecule has 1 fully saturated rings. The van der Waals surface area contributed by atoms with Crippen molar-refractivity contribution >= 4 is 11.8 Å². The molecule has 114 valence electrons. The number of nitrogens with one attached hydrogen (secondary N) is 1. The lowest BCUT2D eigenvalue weighted by atomic mass is 9.88. The molecule has 0 atom stereocenters. The third-order valence-corrected chi connectivity index (χ3v) is 4.48. The van der Waals surface area contributed by atoms with E-state index in [-0.39, 0.29) is 18.4 Å². The Balaban J connectivity index is 2.28. The van der Waals surface area contributed by atoms with Crippen LogP contribution in [0, 0.1) is 13.8 Å². The van der Waals surface area contributed by atoms with Crippen molar-refractivity contribution in [2.75, 3.05) is 6.54 Å². The summed E-state index contributed by atoms with van der Waals surface area (Å²) in [7, 11) is 0. The van der Waals surface area contributed by atoms with Crippen molar-refractivity contribution < 1.29 is 9.59 Å². The quantitative estimate of drug-likeness (QED) is 0.924. The van der Waals surface area contributed by atoms with E-state index in [1.807, 2.05) is 27.7 Å². The predicted octanol–water partition coefficient (Wildman–Crippen LogP) is 2.32. The average molecular weight is 288 g/mol. The molecule has 2 amide bonds. The van der Waals surface area contributed by atoms with Crippen LogP contribution in [0.5, 0.6) is 0 Å². The van der Waals surface area contributed by atoms with Crippen LogP contribution < -0.4 is 5.32 Å². The van der Waals surface area contributed by atoms with Crippen molar-refractivity contribution in [3.8, 4) is 0 Å². The molecule has 1 heterocycles. The fourth-order valence-corrected chi connectivity index (χ4v) is 2.94. The third kappa shape index (κ3) is 2.94. The Morgan fingerprint density at radius 2 is 1.86 bits per heavy atom. The molecule has 1 saturated heterocycles. The van der Waals surface area contributed by atoms with Crippen molar-refractivity contribution in [1.82, 2.24) is 10.2 Å². The molecule has 2 rings (SSSR count). The summed E-state index contributed by atoms with van der Waals surface area (Å²) in [5.41, 5.74) is 2.70. The molecule has 4 heteroatoms. The van der Waals surface area contributed by atoms with Crippen molar-refractivity contribution in [3.63, 3.8) is 0 Å². The fourth-order valence-electron chi connectivity index (χ4n) is 2.94. The number of piperazine rings is 1. The van der Waals surface area contributed by atoms with Gasteiger partial charge in [0.2, 0.25) is 11.8 Å². The van der Waals surface area contributed by atoms with Gasteiger partial charge in [-0.05, 0) is 37.8 Å². The van der Waals surface area contributed by atoms with Gasteiger partial charge in [-0.3, -0.25) is 9.59 Å². The molecule has 0 spiro atoms. The summed E-state index contributed by atoms with van der Waals surface area (Å²) in [5, 5.41) is 2.89. The van der Waals surface area contributed by atoms with Crippen LogP contribution in [-0.2, 0) is 16.1 Å². The highest BCUT2D eigenvalue weighted by Gasteiger charge is 2.43. The molecule has 1 aliphatic rings. The van der Waals surface area contributed by atoms with E-state index in [1.165, 1.54) is 5.56 Å². The number of hydrogen-bond donors (Lipinski definition) is 1. The largest absolute Gasteiger partial charge is 0.340 e. The lowest BCUT2D eigenvalue weighted by Crippen LogP contribution is -2.65. The minimum atomic E-state index is -0.729. The number of carbonyl (C=O) groups excluding carboxylic acids is 2. The maximum Gasteiger partial charge on any atom is 0.249 e. The number of aryl methyl sites for hydroxylation is 2. The molecule has 0 aliphatic carbocycles. The lowest BCUT2D eigenvalue weighted by molar-refractivity contribution is -0.151. The Kier molecular flexibility index (Phi) is 4.35. The van der Waals surface area contributed by atoms with Gasteiger partial charge in [-0.1, -0.05) is 37.6 Å². The van der Waals surface area contributed by atoms with Crippen LogP contribution in [0.1, 0.15) is 43.4 Å². The van der Waals surface area contributed by atoms with Crippen LogP contribution in [0.2, 0.25) is 0 Å². The average Bonchev–Trinajstić information content (AvgIpc) is 2.46. The SMILES string of the molecule is CCC1(CC)NC(=O)CN(Cc2cc(C)ccc2C)C1=O. The Morgan fingerprint density at radius 1 is 1.19 bits per heavy atom. The van der Waals surface area contributed by atoms with E-state index in [0.29, 0.717) is 19.4 Å². The minimum absolute atomic E-state index is 0.0352. The van der Waals surface area contributed by atoms with Crippen molar-refractivity contribution in [2.45, 2.75) is 52.6 Å². The summed E-state index contributed by atoms with van der Waals surface area (Å²) < 4.78 is 0. The number of rotatable bonds is 4. The topological polar surface area (TPSA) is 49.4 Å². The second kappa shape index (κ2) is 5.88. The molecule has 1 aliphatic heterocycles. The van der Waals surface area contributed by atoms with Crippen LogP contribution in [-0.4, -0.2) is 28.8 Å². The first kappa shape index (κ1) is 15.5. The molecule has 21 heavy (non-hydrogen) atoms. The molecule has 0 radical (unpaired) electrons. The van der Waals surface area contributed by atoms with E-state index in [1.54, 1.807) is 4.90 Å². The molecule has 1 aromatic carbocycles. The van der Waals surface area contributed by atoms with Gasteiger partial charge in [0.25, 0.3) is 0 Å². The minimum Gasteiger partial charge on any atom is -0.340 e. The van der Waals surface area contributed by atoms with Crippen LogP contribution in [0.15, 0.2) is 18.2 Å². The fraction of sp³-hybridized carbons (Fsp3) is 0.529. The summed E-state index contributed by atoms with van der Waals surface area (Å²) in [6.07, 6.45) is 1.24. The highest BCUT2D eigenvalue weighted by atomic mass is 16.2. The van der Waals surface area contributed by atoms with Gasteiger partial charge in [-0.15, -0.1) is 0 Å². The van der Waals surface area contributed by atoms with Gasteiger partial charge in [0.15, 0.2) is 0 Å². The summed E-state index contributed by atoms with van der Waals surface area (Å²) >= 11 is 0. The summed E-state index contributed by atoms with van der Waals surface area (Å²) in [5.74, 6) is -0.0309. The monoisotopic (exact) mass is 288 g/mol. The predicted molar refractivity (Wildman–Crippen MR) is 82.8 cm³/mol. The van der Waals surface area contributed by atoms with E-state index in [4.69, 9.17) is 0 Å². The standard InChI is InChI=1S/C17H24N2O2/c1-5-17(6-2)16(21)19(11-15(20)18-17)10-14-9-12(3)7-8-13(14)4/h7-9H,5-6,10-11H2,1-4H3,(H,18,20). The second-order valence-electron chi connectivity index (χ2n) is 5.93. The van der Waals surface area contributed by atoms with Crippen molar-refractivity contribution in [3.05, 3.63) is 34.9 Å². The van der Waals surface area contributed by atoms with Gasteiger partial charge in [0.05, 0.1) is 6.54 Å². The molecule has 1 N–H and O–H groups in total. The highest BCUT2D eigenvalue weighted by molar-refractivity contribution is 5.97. The summed E-state index contributed by atoms with van der Waals surface area (Å²) in [6.45, 7) is 8.62. The summed E-state index contributed by atoms with van der Waals surface area (Å²) in [4.78, 5) is 26.4. The normalized spacial score (nSPS) is 17.8. The molecular formula is C17H24N2O2. The maximum atomic E-state index is 12.8. The third-order valence-electron chi connectivity index (χ3n) is 4.48. The first-order valence-electron chi connectivity index (χ1n) is 7.58. The van der Waals surface area contributed by atoms with Crippen LogP contribution in [0.3, 0.4) is 0 Å². The Labute approximate surface area is 126 Å². The number of benzene rings is 1. The molecule has 0 saturated carbocycles. The first-order valence-corrected chi connectivity index (χ1v) is 7.58. The molecular weight excluding hydrogens is 264 g/mol. The Morgan fingerprint density at radius 3 is 2.48 bits per heavy atom. The zero-order chi connectivity index (χ0) is 15.6.